The second kappa shape index (κ2) is 7.19. The highest BCUT2D eigenvalue weighted by atomic mass is 15.3. The zero-order valence-electron chi connectivity index (χ0n) is 14.6. The molecule has 0 saturated carbocycles. The Morgan fingerprint density at radius 1 is 0.692 bits per heavy atom. The van der Waals surface area contributed by atoms with E-state index in [2.05, 4.69) is 70.8 Å². The second-order valence-electron chi connectivity index (χ2n) is 6.14. The molecular weight excluding hydrogens is 318 g/mol. The van der Waals surface area contributed by atoms with Crippen molar-refractivity contribution in [3.8, 4) is 0 Å². The van der Waals surface area contributed by atoms with Crippen LogP contribution in [0.3, 0.4) is 0 Å². The number of nitrogens with zero attached hydrogens (tertiary/aromatic N) is 3. The predicted octanol–water partition coefficient (Wildman–Crippen LogP) is 5.31. The van der Waals surface area contributed by atoms with E-state index in [1.165, 1.54) is 10.8 Å². The Labute approximate surface area is 152 Å². The number of aromatic nitrogens is 3. The van der Waals surface area contributed by atoms with Crippen LogP contribution in [-0.4, -0.2) is 14.8 Å². The first-order valence-electron chi connectivity index (χ1n) is 8.59. The van der Waals surface area contributed by atoms with Gasteiger partial charge in [-0.05, 0) is 40.1 Å². The number of hydrogen-bond acceptors (Lipinski definition) is 2. The third kappa shape index (κ3) is 3.62. The van der Waals surface area contributed by atoms with Crippen LogP contribution in [-0.2, 0) is 7.05 Å². The Hall–Kier alpha value is -3.46. The van der Waals surface area contributed by atoms with Gasteiger partial charge in [-0.25, -0.2) is 9.67 Å². The van der Waals surface area contributed by atoms with E-state index >= 15 is 0 Å². The van der Waals surface area contributed by atoms with Crippen molar-refractivity contribution in [2.75, 3.05) is 0 Å². The van der Waals surface area contributed by atoms with E-state index in [1.807, 2.05) is 43.5 Å². The van der Waals surface area contributed by atoms with Gasteiger partial charge in [0.15, 0.2) is 11.6 Å². The van der Waals surface area contributed by atoms with Gasteiger partial charge in [0.2, 0.25) is 0 Å². The van der Waals surface area contributed by atoms with E-state index in [9.17, 15) is 0 Å². The van der Waals surface area contributed by atoms with Gasteiger partial charge in [-0.1, -0.05) is 78.9 Å². The zero-order chi connectivity index (χ0) is 17.8. The van der Waals surface area contributed by atoms with Crippen LogP contribution < -0.4 is 0 Å². The molecular formula is C23H19N3. The quantitative estimate of drug-likeness (QED) is 0.505. The smallest absolute Gasteiger partial charge is 0.174 e. The molecule has 26 heavy (non-hydrogen) atoms. The van der Waals surface area contributed by atoms with E-state index in [0.717, 1.165) is 17.0 Å². The van der Waals surface area contributed by atoms with Crippen molar-refractivity contribution < 1.29 is 0 Å². The lowest BCUT2D eigenvalue weighted by Crippen LogP contribution is -1.93. The van der Waals surface area contributed by atoms with Crippen molar-refractivity contribution in [2.45, 2.75) is 0 Å². The minimum absolute atomic E-state index is 0.703. The second-order valence-corrected chi connectivity index (χ2v) is 6.14. The van der Waals surface area contributed by atoms with Crippen molar-refractivity contribution in [1.29, 1.82) is 0 Å². The molecule has 0 unspecified atom stereocenters. The fourth-order valence-corrected chi connectivity index (χ4v) is 2.85. The fourth-order valence-electron chi connectivity index (χ4n) is 2.85. The maximum absolute atomic E-state index is 4.58. The van der Waals surface area contributed by atoms with E-state index in [-0.39, 0.29) is 0 Å². The first-order chi connectivity index (χ1) is 12.8. The van der Waals surface area contributed by atoms with Gasteiger partial charge in [0.05, 0.1) is 0 Å². The van der Waals surface area contributed by atoms with Crippen molar-refractivity contribution >= 4 is 35.1 Å². The molecule has 3 aromatic carbocycles. The third-order valence-corrected chi connectivity index (χ3v) is 4.24. The molecule has 4 aromatic rings. The van der Waals surface area contributed by atoms with Gasteiger partial charge >= 0.3 is 0 Å². The first kappa shape index (κ1) is 16.0. The summed E-state index contributed by atoms with van der Waals surface area (Å²) in [5.41, 5.74) is 2.28. The standard InChI is InChI=1S/C23H19N3/c1-26-23(24-22(25-26)15-12-18-7-3-2-4-8-18)16-13-19-11-14-20-9-5-6-10-21(20)17-19/h2-17H,1H3/b15-12+,16-13+. The van der Waals surface area contributed by atoms with Crippen molar-refractivity contribution in [2.24, 2.45) is 7.05 Å². The molecule has 0 N–H and O–H groups in total. The lowest BCUT2D eigenvalue weighted by molar-refractivity contribution is 0.755. The van der Waals surface area contributed by atoms with Crippen LogP contribution in [0.15, 0.2) is 72.8 Å². The fraction of sp³-hybridized carbons (Fsp3) is 0.0435. The maximum Gasteiger partial charge on any atom is 0.174 e. The molecule has 4 rings (SSSR count). The van der Waals surface area contributed by atoms with Crippen molar-refractivity contribution in [3.05, 3.63) is 95.6 Å². The summed E-state index contributed by atoms with van der Waals surface area (Å²) in [6.45, 7) is 0. The number of hydrogen-bond donors (Lipinski definition) is 0. The lowest BCUT2D eigenvalue weighted by atomic mass is 10.1. The van der Waals surface area contributed by atoms with Crippen molar-refractivity contribution in [3.63, 3.8) is 0 Å². The molecule has 0 aliphatic carbocycles. The molecule has 1 heterocycles. The molecule has 0 radical (unpaired) electrons. The normalized spacial score (nSPS) is 11.7. The van der Waals surface area contributed by atoms with Crippen LogP contribution in [0.2, 0.25) is 0 Å². The van der Waals surface area contributed by atoms with Crippen LogP contribution >= 0.6 is 0 Å². The van der Waals surface area contributed by atoms with Gasteiger partial charge in [0.25, 0.3) is 0 Å². The SMILES string of the molecule is Cn1nc(/C=C/c2ccccc2)nc1/C=C/c1ccc2ccccc2c1. The number of rotatable bonds is 4. The summed E-state index contributed by atoms with van der Waals surface area (Å²) in [6.07, 6.45) is 8.02. The van der Waals surface area contributed by atoms with Crippen LogP contribution in [0.4, 0.5) is 0 Å². The molecule has 0 bridgehead atoms. The van der Waals surface area contributed by atoms with E-state index in [1.54, 1.807) is 4.68 Å². The van der Waals surface area contributed by atoms with Crippen LogP contribution in [0, 0.1) is 0 Å². The summed E-state index contributed by atoms with van der Waals surface area (Å²) in [5, 5.41) is 6.94. The topological polar surface area (TPSA) is 30.7 Å². The van der Waals surface area contributed by atoms with Gasteiger partial charge < -0.3 is 0 Å². The van der Waals surface area contributed by atoms with E-state index in [4.69, 9.17) is 0 Å². The average Bonchev–Trinajstić information content (AvgIpc) is 3.05. The summed E-state index contributed by atoms with van der Waals surface area (Å²) < 4.78 is 1.79. The Balaban J connectivity index is 1.55. The highest BCUT2D eigenvalue weighted by molar-refractivity contribution is 5.85. The third-order valence-electron chi connectivity index (χ3n) is 4.24. The Kier molecular flexibility index (Phi) is 4.44. The number of benzene rings is 3. The highest BCUT2D eigenvalue weighted by Crippen LogP contribution is 2.17. The largest absolute Gasteiger partial charge is 0.249 e. The molecule has 1 aromatic heterocycles. The number of fused-ring (bicyclic) bond motifs is 1. The molecule has 0 fully saturated rings. The zero-order valence-corrected chi connectivity index (χ0v) is 14.6. The Bertz CT molecular complexity index is 1090. The summed E-state index contributed by atoms with van der Waals surface area (Å²) in [5.74, 6) is 1.53. The molecule has 3 heteroatoms. The first-order valence-corrected chi connectivity index (χ1v) is 8.59. The Morgan fingerprint density at radius 2 is 1.42 bits per heavy atom. The Morgan fingerprint density at radius 3 is 2.27 bits per heavy atom. The van der Waals surface area contributed by atoms with Gasteiger partial charge in [0.1, 0.15) is 0 Å². The molecule has 126 valence electrons. The molecule has 0 spiro atoms. The molecule has 3 nitrogen and oxygen atoms in total. The van der Waals surface area contributed by atoms with Crippen LogP contribution in [0.25, 0.3) is 35.1 Å². The molecule has 0 saturated heterocycles. The van der Waals surface area contributed by atoms with Gasteiger partial charge in [0, 0.05) is 7.05 Å². The molecule has 0 aliphatic rings. The highest BCUT2D eigenvalue weighted by Gasteiger charge is 2.01. The number of aryl methyl sites for hydroxylation is 1. The predicted molar refractivity (Wildman–Crippen MR) is 109 cm³/mol. The molecule has 0 aliphatic heterocycles. The lowest BCUT2D eigenvalue weighted by Gasteiger charge is -1.99. The van der Waals surface area contributed by atoms with Gasteiger partial charge in [-0.3, -0.25) is 0 Å². The van der Waals surface area contributed by atoms with Crippen LogP contribution in [0.5, 0.6) is 0 Å². The minimum atomic E-state index is 0.703. The monoisotopic (exact) mass is 337 g/mol. The summed E-state index contributed by atoms with van der Waals surface area (Å²) >= 11 is 0. The van der Waals surface area contributed by atoms with Gasteiger partial charge in [-0.2, -0.15) is 5.10 Å². The summed E-state index contributed by atoms with van der Waals surface area (Å²) in [4.78, 5) is 4.58. The van der Waals surface area contributed by atoms with Crippen molar-refractivity contribution in [1.82, 2.24) is 14.8 Å². The van der Waals surface area contributed by atoms with E-state index in [0.29, 0.717) is 5.82 Å². The van der Waals surface area contributed by atoms with Crippen LogP contribution in [0.1, 0.15) is 22.8 Å². The summed E-state index contributed by atoms with van der Waals surface area (Å²) in [7, 11) is 1.91. The maximum atomic E-state index is 4.58. The molecule has 0 amide bonds. The minimum Gasteiger partial charge on any atom is -0.249 e. The summed E-state index contributed by atoms with van der Waals surface area (Å²) in [6, 6.07) is 25.0. The average molecular weight is 337 g/mol. The van der Waals surface area contributed by atoms with Gasteiger partial charge in [-0.15, -0.1) is 0 Å². The van der Waals surface area contributed by atoms with E-state index < -0.39 is 0 Å². The molecule has 0 atom stereocenters.